The highest BCUT2D eigenvalue weighted by atomic mass is 16.5. The van der Waals surface area contributed by atoms with Gasteiger partial charge in [0.05, 0.1) is 24.7 Å². The van der Waals surface area contributed by atoms with Crippen LogP contribution in [0.4, 0.5) is 4.79 Å². The van der Waals surface area contributed by atoms with Gasteiger partial charge in [0.2, 0.25) is 0 Å². The third kappa shape index (κ3) is 3.87. The third-order valence-electron chi connectivity index (χ3n) is 4.53. The average molecular weight is 298 g/mol. The molecule has 21 heavy (non-hydrogen) atoms. The van der Waals surface area contributed by atoms with Crippen molar-refractivity contribution in [2.45, 2.75) is 57.5 Å². The molecule has 1 aliphatic heterocycles. The Balaban J connectivity index is 2.03. The quantitative estimate of drug-likeness (QED) is 0.762. The zero-order chi connectivity index (χ0) is 15.5. The molecule has 2 unspecified atom stereocenters. The van der Waals surface area contributed by atoms with Gasteiger partial charge in [-0.05, 0) is 26.7 Å². The fourth-order valence-corrected chi connectivity index (χ4v) is 3.25. The van der Waals surface area contributed by atoms with Gasteiger partial charge in [-0.15, -0.1) is 0 Å². The molecule has 1 aliphatic carbocycles. The maximum absolute atomic E-state index is 12.5. The Morgan fingerprint density at radius 3 is 2.62 bits per heavy atom. The fourth-order valence-electron chi connectivity index (χ4n) is 3.25. The van der Waals surface area contributed by atoms with Gasteiger partial charge in [-0.1, -0.05) is 19.3 Å². The summed E-state index contributed by atoms with van der Waals surface area (Å²) in [6.07, 6.45) is 4.33. The Labute approximate surface area is 125 Å². The highest BCUT2D eigenvalue weighted by Gasteiger charge is 2.37. The molecule has 6 nitrogen and oxygen atoms in total. The Kier molecular flexibility index (Phi) is 5.08. The lowest BCUT2D eigenvalue weighted by Crippen LogP contribution is -2.60. The summed E-state index contributed by atoms with van der Waals surface area (Å²) in [7, 11) is 0. The van der Waals surface area contributed by atoms with Crippen LogP contribution in [0.3, 0.4) is 0 Å². The fraction of sp³-hybridized carbons (Fsp3) is 0.867. The number of carboxylic acids is 1. The topological polar surface area (TPSA) is 78.9 Å². The second kappa shape index (κ2) is 6.64. The molecule has 2 fully saturated rings. The Morgan fingerprint density at radius 2 is 1.95 bits per heavy atom. The van der Waals surface area contributed by atoms with Gasteiger partial charge < -0.3 is 20.1 Å². The van der Waals surface area contributed by atoms with Crippen LogP contribution in [0.2, 0.25) is 0 Å². The molecule has 2 N–H and O–H groups in total. The van der Waals surface area contributed by atoms with Crippen molar-refractivity contribution in [3.8, 4) is 0 Å². The molecule has 1 saturated heterocycles. The second-order valence-electron chi connectivity index (χ2n) is 6.66. The number of hydrogen-bond acceptors (Lipinski definition) is 3. The lowest BCUT2D eigenvalue weighted by Gasteiger charge is -2.42. The summed E-state index contributed by atoms with van der Waals surface area (Å²) in [5.74, 6) is -1.27. The van der Waals surface area contributed by atoms with E-state index in [0.29, 0.717) is 26.2 Å². The molecule has 2 aliphatic rings. The summed E-state index contributed by atoms with van der Waals surface area (Å²) < 4.78 is 5.42. The number of carboxylic acid groups (broad SMARTS) is 1. The number of aliphatic carboxylic acids is 1. The minimum absolute atomic E-state index is 0.165. The van der Waals surface area contributed by atoms with Crippen LogP contribution in [0.1, 0.15) is 46.0 Å². The van der Waals surface area contributed by atoms with Crippen molar-refractivity contribution >= 4 is 12.0 Å². The first kappa shape index (κ1) is 16.1. The Bertz CT molecular complexity index is 397. The van der Waals surface area contributed by atoms with Gasteiger partial charge in [0.25, 0.3) is 0 Å². The van der Waals surface area contributed by atoms with E-state index in [-0.39, 0.29) is 17.6 Å². The standard InChI is InChI=1S/C15H26N2O4/c1-15(2)10-21-9-8-17(15)14(20)16-12-7-5-3-4-6-11(12)13(18)19/h11-12H,3-10H2,1-2H3,(H,16,20)(H,18,19). The van der Waals surface area contributed by atoms with E-state index in [9.17, 15) is 14.7 Å². The number of nitrogens with one attached hydrogen (secondary N) is 1. The van der Waals surface area contributed by atoms with Gasteiger partial charge in [-0.2, -0.15) is 0 Å². The van der Waals surface area contributed by atoms with Crippen molar-refractivity contribution in [1.82, 2.24) is 10.2 Å². The summed E-state index contributed by atoms with van der Waals surface area (Å²) >= 11 is 0. The third-order valence-corrected chi connectivity index (χ3v) is 4.53. The predicted octanol–water partition coefficient (Wildman–Crippen LogP) is 1.84. The number of morpholine rings is 1. The van der Waals surface area contributed by atoms with Gasteiger partial charge in [0.1, 0.15) is 0 Å². The van der Waals surface area contributed by atoms with Gasteiger partial charge in [-0.3, -0.25) is 4.79 Å². The summed E-state index contributed by atoms with van der Waals surface area (Å²) in [6, 6.07) is -0.433. The molecule has 1 heterocycles. The van der Waals surface area contributed by atoms with Crippen LogP contribution in [0.25, 0.3) is 0 Å². The van der Waals surface area contributed by atoms with Crippen LogP contribution in [0.15, 0.2) is 0 Å². The summed E-state index contributed by atoms with van der Waals surface area (Å²) in [5.41, 5.74) is -0.355. The van der Waals surface area contributed by atoms with E-state index in [2.05, 4.69) is 5.32 Å². The summed E-state index contributed by atoms with van der Waals surface area (Å²) in [6.45, 7) is 5.52. The van der Waals surface area contributed by atoms with Crippen molar-refractivity contribution in [1.29, 1.82) is 0 Å². The number of ether oxygens (including phenoxy) is 1. The first-order chi connectivity index (χ1) is 9.92. The van der Waals surface area contributed by atoms with E-state index in [4.69, 9.17) is 4.74 Å². The Morgan fingerprint density at radius 1 is 1.24 bits per heavy atom. The normalized spacial score (nSPS) is 29.5. The molecular weight excluding hydrogens is 272 g/mol. The van der Waals surface area contributed by atoms with Crippen LogP contribution < -0.4 is 5.32 Å². The zero-order valence-corrected chi connectivity index (χ0v) is 12.9. The molecule has 0 aromatic rings. The molecule has 1 saturated carbocycles. The molecule has 0 bridgehead atoms. The minimum atomic E-state index is -0.802. The van der Waals surface area contributed by atoms with E-state index in [0.717, 1.165) is 25.7 Å². The number of rotatable bonds is 2. The van der Waals surface area contributed by atoms with E-state index in [1.165, 1.54) is 0 Å². The largest absolute Gasteiger partial charge is 0.481 e. The monoisotopic (exact) mass is 298 g/mol. The molecule has 6 heteroatoms. The first-order valence-electron chi connectivity index (χ1n) is 7.80. The first-order valence-corrected chi connectivity index (χ1v) is 7.80. The molecule has 0 spiro atoms. The molecule has 0 radical (unpaired) electrons. The van der Waals surface area contributed by atoms with E-state index in [1.54, 1.807) is 4.90 Å². The Hall–Kier alpha value is -1.30. The van der Waals surface area contributed by atoms with E-state index in [1.807, 2.05) is 13.8 Å². The number of amides is 2. The van der Waals surface area contributed by atoms with Gasteiger partial charge in [-0.25, -0.2) is 4.79 Å². The maximum Gasteiger partial charge on any atom is 0.318 e. The van der Waals surface area contributed by atoms with Crippen LogP contribution in [-0.4, -0.2) is 53.3 Å². The van der Waals surface area contributed by atoms with E-state index < -0.39 is 11.9 Å². The van der Waals surface area contributed by atoms with Crippen LogP contribution in [0, 0.1) is 5.92 Å². The smallest absolute Gasteiger partial charge is 0.318 e. The number of urea groups is 1. The molecule has 0 aromatic heterocycles. The van der Waals surface area contributed by atoms with Crippen LogP contribution >= 0.6 is 0 Å². The summed E-state index contributed by atoms with van der Waals surface area (Å²) in [4.78, 5) is 25.7. The molecule has 2 amide bonds. The highest BCUT2D eigenvalue weighted by Crippen LogP contribution is 2.25. The van der Waals surface area contributed by atoms with Gasteiger partial charge >= 0.3 is 12.0 Å². The van der Waals surface area contributed by atoms with Crippen molar-refractivity contribution in [2.75, 3.05) is 19.8 Å². The molecule has 2 rings (SSSR count). The highest BCUT2D eigenvalue weighted by molar-refractivity contribution is 5.77. The average Bonchev–Trinajstić information content (AvgIpc) is 2.63. The van der Waals surface area contributed by atoms with Gasteiger partial charge in [0, 0.05) is 12.6 Å². The van der Waals surface area contributed by atoms with Crippen LogP contribution in [-0.2, 0) is 9.53 Å². The minimum Gasteiger partial charge on any atom is -0.481 e. The van der Waals surface area contributed by atoms with Crippen molar-refractivity contribution in [2.24, 2.45) is 5.92 Å². The number of carbonyl (C=O) groups is 2. The zero-order valence-electron chi connectivity index (χ0n) is 12.9. The maximum atomic E-state index is 12.5. The molecular formula is C15H26N2O4. The summed E-state index contributed by atoms with van der Waals surface area (Å²) in [5, 5.41) is 12.3. The predicted molar refractivity (Wildman–Crippen MR) is 78.1 cm³/mol. The van der Waals surface area contributed by atoms with Crippen molar-refractivity contribution < 1.29 is 19.4 Å². The van der Waals surface area contributed by atoms with Crippen molar-refractivity contribution in [3.05, 3.63) is 0 Å². The second-order valence-corrected chi connectivity index (χ2v) is 6.66. The molecule has 2 atom stereocenters. The lowest BCUT2D eigenvalue weighted by atomic mass is 9.95. The van der Waals surface area contributed by atoms with Crippen molar-refractivity contribution in [3.63, 3.8) is 0 Å². The van der Waals surface area contributed by atoms with E-state index >= 15 is 0 Å². The molecule has 120 valence electrons. The molecule has 0 aromatic carbocycles. The number of nitrogens with zero attached hydrogens (tertiary/aromatic N) is 1. The lowest BCUT2D eigenvalue weighted by molar-refractivity contribution is -0.142. The number of hydrogen-bond donors (Lipinski definition) is 2. The number of carbonyl (C=O) groups excluding carboxylic acids is 1. The van der Waals surface area contributed by atoms with Crippen LogP contribution in [0.5, 0.6) is 0 Å². The SMILES string of the molecule is CC1(C)COCCN1C(=O)NC1CCCCCC1C(=O)O. The van der Waals surface area contributed by atoms with Gasteiger partial charge in [0.15, 0.2) is 0 Å².